The molecule has 0 aliphatic heterocycles. The van der Waals surface area contributed by atoms with Crippen molar-refractivity contribution in [1.82, 2.24) is 4.31 Å². The maximum Gasteiger partial charge on any atom is 0.243 e. The zero-order chi connectivity index (χ0) is 15.3. The van der Waals surface area contributed by atoms with Gasteiger partial charge in [-0.2, -0.15) is 4.31 Å². The highest BCUT2D eigenvalue weighted by atomic mass is 32.2. The number of rotatable bonds is 6. The van der Waals surface area contributed by atoms with Gasteiger partial charge in [-0.15, -0.1) is 0 Å². The second-order valence-corrected chi connectivity index (χ2v) is 6.80. The van der Waals surface area contributed by atoms with Crippen molar-refractivity contribution in [3.8, 4) is 0 Å². The number of aliphatic hydroxyl groups is 1. The maximum absolute atomic E-state index is 12.7. The molecule has 0 heterocycles. The van der Waals surface area contributed by atoms with E-state index in [4.69, 9.17) is 0 Å². The summed E-state index contributed by atoms with van der Waals surface area (Å²) < 4.78 is 26.7. The van der Waals surface area contributed by atoms with Crippen LogP contribution in [0, 0.1) is 6.92 Å². The molecule has 21 heavy (non-hydrogen) atoms. The highest BCUT2D eigenvalue weighted by Gasteiger charge is 2.24. The molecular formula is C16H19NO3S. The molecule has 4 nitrogen and oxygen atoms in total. The van der Waals surface area contributed by atoms with E-state index in [2.05, 4.69) is 0 Å². The van der Waals surface area contributed by atoms with Crippen LogP contribution in [0.5, 0.6) is 0 Å². The molecule has 5 heteroatoms. The second-order valence-electron chi connectivity index (χ2n) is 4.86. The fraction of sp³-hybridized carbons (Fsp3) is 0.250. The van der Waals surface area contributed by atoms with Crippen LogP contribution in [-0.2, 0) is 16.6 Å². The number of hydrogen-bond donors (Lipinski definition) is 1. The number of aliphatic hydroxyl groups excluding tert-OH is 1. The monoisotopic (exact) mass is 305 g/mol. The van der Waals surface area contributed by atoms with E-state index < -0.39 is 10.0 Å². The first-order chi connectivity index (χ1) is 10.0. The van der Waals surface area contributed by atoms with Gasteiger partial charge in [0.15, 0.2) is 0 Å². The lowest BCUT2D eigenvalue weighted by molar-refractivity contribution is 0.251. The Labute approximate surface area is 125 Å². The highest BCUT2D eigenvalue weighted by Crippen LogP contribution is 2.19. The Morgan fingerprint density at radius 3 is 2.38 bits per heavy atom. The van der Waals surface area contributed by atoms with Gasteiger partial charge in [-0.05, 0) is 30.2 Å². The van der Waals surface area contributed by atoms with Crippen molar-refractivity contribution < 1.29 is 13.5 Å². The Balaban J connectivity index is 2.32. The van der Waals surface area contributed by atoms with E-state index in [0.717, 1.165) is 11.1 Å². The van der Waals surface area contributed by atoms with Crippen molar-refractivity contribution in [2.24, 2.45) is 0 Å². The summed E-state index contributed by atoms with van der Waals surface area (Å²) in [6.07, 6.45) is 0. The van der Waals surface area contributed by atoms with Crippen LogP contribution < -0.4 is 0 Å². The van der Waals surface area contributed by atoms with Gasteiger partial charge < -0.3 is 5.11 Å². The quantitative estimate of drug-likeness (QED) is 0.890. The summed E-state index contributed by atoms with van der Waals surface area (Å²) in [6, 6.07) is 16.2. The Morgan fingerprint density at radius 2 is 1.76 bits per heavy atom. The molecule has 0 radical (unpaired) electrons. The van der Waals surface area contributed by atoms with Gasteiger partial charge in [0, 0.05) is 13.1 Å². The molecule has 2 rings (SSSR count). The lowest BCUT2D eigenvalue weighted by Crippen LogP contribution is -2.33. The van der Waals surface area contributed by atoms with E-state index in [0.29, 0.717) is 0 Å². The van der Waals surface area contributed by atoms with Crippen LogP contribution in [0.15, 0.2) is 59.5 Å². The third kappa shape index (κ3) is 3.91. The van der Waals surface area contributed by atoms with Crippen LogP contribution in [0.2, 0.25) is 0 Å². The minimum Gasteiger partial charge on any atom is -0.395 e. The van der Waals surface area contributed by atoms with Gasteiger partial charge in [0.1, 0.15) is 0 Å². The SMILES string of the molecule is Cc1cccc(S(=O)(=O)N(CCO)Cc2ccccc2)c1. The van der Waals surface area contributed by atoms with Crippen molar-refractivity contribution in [2.45, 2.75) is 18.4 Å². The molecule has 2 aromatic rings. The fourth-order valence-electron chi connectivity index (χ4n) is 2.11. The first-order valence-corrected chi connectivity index (χ1v) is 8.19. The third-order valence-corrected chi connectivity index (χ3v) is 5.02. The lowest BCUT2D eigenvalue weighted by Gasteiger charge is -2.21. The molecule has 0 atom stereocenters. The van der Waals surface area contributed by atoms with Crippen molar-refractivity contribution in [2.75, 3.05) is 13.2 Å². The zero-order valence-electron chi connectivity index (χ0n) is 11.9. The highest BCUT2D eigenvalue weighted by molar-refractivity contribution is 7.89. The molecule has 0 saturated carbocycles. The summed E-state index contributed by atoms with van der Waals surface area (Å²) >= 11 is 0. The molecule has 0 fully saturated rings. The molecule has 1 N–H and O–H groups in total. The standard InChI is InChI=1S/C16H19NO3S/c1-14-6-5-9-16(12-14)21(19,20)17(10-11-18)13-15-7-3-2-4-8-15/h2-9,12,18H,10-11,13H2,1H3. The number of hydrogen-bond acceptors (Lipinski definition) is 3. The van der Waals surface area contributed by atoms with Gasteiger partial charge in [-0.3, -0.25) is 0 Å². The maximum atomic E-state index is 12.7. The number of sulfonamides is 1. The minimum atomic E-state index is -3.61. The van der Waals surface area contributed by atoms with Gasteiger partial charge in [-0.1, -0.05) is 42.5 Å². The average Bonchev–Trinajstić information content (AvgIpc) is 2.48. The van der Waals surface area contributed by atoms with Gasteiger partial charge >= 0.3 is 0 Å². The first kappa shape index (κ1) is 15.7. The summed E-state index contributed by atoms with van der Waals surface area (Å²) in [7, 11) is -3.61. The Kier molecular flexibility index (Phi) is 5.12. The van der Waals surface area contributed by atoms with Gasteiger partial charge in [0.2, 0.25) is 10.0 Å². The summed E-state index contributed by atoms with van der Waals surface area (Å²) in [5.41, 5.74) is 1.78. The number of aryl methyl sites for hydroxylation is 1. The largest absolute Gasteiger partial charge is 0.395 e. The van der Waals surface area contributed by atoms with Crippen molar-refractivity contribution in [1.29, 1.82) is 0 Å². The molecule has 112 valence electrons. The molecule has 0 aliphatic rings. The number of nitrogens with zero attached hydrogens (tertiary/aromatic N) is 1. The molecule has 0 spiro atoms. The van der Waals surface area contributed by atoms with E-state index in [9.17, 15) is 13.5 Å². The molecule has 2 aromatic carbocycles. The normalized spacial score (nSPS) is 11.8. The summed E-state index contributed by atoms with van der Waals surface area (Å²) in [6.45, 7) is 1.97. The summed E-state index contributed by atoms with van der Waals surface area (Å²) in [5.74, 6) is 0. The lowest BCUT2D eigenvalue weighted by atomic mass is 10.2. The van der Waals surface area contributed by atoms with E-state index in [1.54, 1.807) is 18.2 Å². The van der Waals surface area contributed by atoms with Crippen LogP contribution >= 0.6 is 0 Å². The molecule has 0 bridgehead atoms. The van der Waals surface area contributed by atoms with Crippen LogP contribution in [0.3, 0.4) is 0 Å². The number of benzene rings is 2. The molecule has 0 unspecified atom stereocenters. The topological polar surface area (TPSA) is 57.6 Å². The van der Waals surface area contributed by atoms with Gasteiger partial charge in [0.25, 0.3) is 0 Å². The average molecular weight is 305 g/mol. The predicted molar refractivity (Wildman–Crippen MR) is 82.3 cm³/mol. The Hall–Kier alpha value is -1.69. The third-order valence-electron chi connectivity index (χ3n) is 3.18. The Morgan fingerprint density at radius 1 is 1.05 bits per heavy atom. The van der Waals surface area contributed by atoms with Gasteiger partial charge in [-0.25, -0.2) is 8.42 Å². The first-order valence-electron chi connectivity index (χ1n) is 6.75. The zero-order valence-corrected chi connectivity index (χ0v) is 12.8. The van der Waals surface area contributed by atoms with Crippen LogP contribution in [-0.4, -0.2) is 31.0 Å². The van der Waals surface area contributed by atoms with Gasteiger partial charge in [0.05, 0.1) is 11.5 Å². The summed E-state index contributed by atoms with van der Waals surface area (Å²) in [4.78, 5) is 0.256. The van der Waals surface area contributed by atoms with Crippen LogP contribution in [0.25, 0.3) is 0 Å². The van der Waals surface area contributed by atoms with E-state index >= 15 is 0 Å². The van der Waals surface area contributed by atoms with E-state index in [1.165, 1.54) is 4.31 Å². The van der Waals surface area contributed by atoms with Crippen LogP contribution in [0.1, 0.15) is 11.1 Å². The van der Waals surface area contributed by atoms with E-state index in [1.807, 2.05) is 43.3 Å². The van der Waals surface area contributed by atoms with Crippen molar-refractivity contribution in [3.05, 3.63) is 65.7 Å². The molecule has 0 saturated heterocycles. The molecular weight excluding hydrogens is 286 g/mol. The molecule has 0 aliphatic carbocycles. The smallest absolute Gasteiger partial charge is 0.243 e. The minimum absolute atomic E-state index is 0.0746. The Bertz CT molecular complexity index is 684. The van der Waals surface area contributed by atoms with E-state index in [-0.39, 0.29) is 24.6 Å². The molecule has 0 amide bonds. The van der Waals surface area contributed by atoms with Crippen molar-refractivity contribution >= 4 is 10.0 Å². The van der Waals surface area contributed by atoms with Crippen molar-refractivity contribution in [3.63, 3.8) is 0 Å². The second kappa shape index (κ2) is 6.85. The molecule has 0 aromatic heterocycles. The summed E-state index contributed by atoms with van der Waals surface area (Å²) in [5, 5.41) is 9.17. The fourth-order valence-corrected chi connectivity index (χ4v) is 3.63. The van der Waals surface area contributed by atoms with Crippen LogP contribution in [0.4, 0.5) is 0 Å². The predicted octanol–water partition coefficient (Wildman–Crippen LogP) is 2.18.